The first kappa shape index (κ1) is 23.2. The Labute approximate surface area is 174 Å². The topological polar surface area (TPSA) is 73.9 Å². The molecule has 0 heterocycles. The number of carbonyl (C=O) groups excluding carboxylic acids is 2. The summed E-state index contributed by atoms with van der Waals surface area (Å²) in [6, 6.07) is 5.07. The highest BCUT2D eigenvalue weighted by molar-refractivity contribution is 5.99. The highest BCUT2D eigenvalue weighted by atomic mass is 16.5. The van der Waals surface area contributed by atoms with E-state index in [9.17, 15) is 9.59 Å². The number of nitrogens with one attached hydrogen (secondary N) is 1. The average Bonchev–Trinajstić information content (AvgIpc) is 2.67. The van der Waals surface area contributed by atoms with Crippen molar-refractivity contribution in [3.05, 3.63) is 23.8 Å². The first-order chi connectivity index (χ1) is 13.8. The van der Waals surface area contributed by atoms with Crippen molar-refractivity contribution < 1.29 is 23.8 Å². The Morgan fingerprint density at radius 2 is 2.03 bits per heavy atom. The highest BCUT2D eigenvalue weighted by Gasteiger charge is 2.42. The van der Waals surface area contributed by atoms with Crippen LogP contribution in [0.15, 0.2) is 18.2 Å². The molecule has 0 radical (unpaired) electrons. The van der Waals surface area contributed by atoms with Gasteiger partial charge in [-0.15, -0.1) is 0 Å². The third-order valence-corrected chi connectivity index (χ3v) is 5.05. The second-order valence-corrected chi connectivity index (χ2v) is 8.10. The minimum Gasteiger partial charge on any atom is -0.490 e. The smallest absolute Gasteiger partial charge is 0.341 e. The van der Waals surface area contributed by atoms with Crippen molar-refractivity contribution in [2.75, 3.05) is 18.5 Å². The van der Waals surface area contributed by atoms with Crippen LogP contribution in [0.2, 0.25) is 0 Å². The van der Waals surface area contributed by atoms with Crippen LogP contribution in [0.4, 0.5) is 5.69 Å². The minimum atomic E-state index is -0.815. The van der Waals surface area contributed by atoms with Crippen molar-refractivity contribution in [1.82, 2.24) is 0 Å². The molecule has 0 aliphatic heterocycles. The van der Waals surface area contributed by atoms with E-state index in [1.54, 1.807) is 25.1 Å². The standard InChI is InChI=1S/C23H35NO5/c1-6-13-28-23(12-8-9-17(5)15-23)22(26)24-18-10-11-20(29-16(3)4)19(14-18)21(25)27-7-2/h10-11,14,16-17H,6-9,12-13,15H2,1-5H3,(H,24,26)/t17-,23+/m1/s1. The normalized spacial score (nSPS) is 21.7. The zero-order valence-corrected chi connectivity index (χ0v) is 18.4. The van der Waals surface area contributed by atoms with Crippen molar-refractivity contribution in [2.24, 2.45) is 5.92 Å². The molecule has 1 saturated carbocycles. The fraction of sp³-hybridized carbons (Fsp3) is 0.652. The lowest BCUT2D eigenvalue weighted by atomic mass is 9.78. The van der Waals surface area contributed by atoms with Gasteiger partial charge in [-0.3, -0.25) is 4.79 Å². The lowest BCUT2D eigenvalue weighted by Crippen LogP contribution is -2.48. The SMILES string of the molecule is CCCO[C@@]1(C(=O)Nc2ccc(OC(C)C)c(C(=O)OCC)c2)CCC[C@@H](C)C1. The van der Waals surface area contributed by atoms with E-state index in [1.807, 2.05) is 20.8 Å². The van der Waals surface area contributed by atoms with Crippen LogP contribution in [0, 0.1) is 5.92 Å². The molecule has 1 amide bonds. The van der Waals surface area contributed by atoms with Crippen molar-refractivity contribution >= 4 is 17.6 Å². The fourth-order valence-electron chi connectivity index (χ4n) is 3.78. The second-order valence-electron chi connectivity index (χ2n) is 8.10. The molecule has 0 saturated heterocycles. The van der Waals surface area contributed by atoms with Crippen LogP contribution in [0.3, 0.4) is 0 Å². The molecule has 6 heteroatoms. The van der Waals surface area contributed by atoms with Crippen LogP contribution >= 0.6 is 0 Å². The van der Waals surface area contributed by atoms with Gasteiger partial charge >= 0.3 is 5.97 Å². The number of esters is 1. The summed E-state index contributed by atoms with van der Waals surface area (Å²) >= 11 is 0. The maximum absolute atomic E-state index is 13.2. The number of amides is 1. The molecule has 2 rings (SSSR count). The summed E-state index contributed by atoms with van der Waals surface area (Å²) in [5, 5.41) is 2.97. The van der Waals surface area contributed by atoms with Gasteiger partial charge in [0, 0.05) is 12.3 Å². The van der Waals surface area contributed by atoms with Crippen LogP contribution in [-0.4, -0.2) is 36.8 Å². The van der Waals surface area contributed by atoms with Gasteiger partial charge in [0.15, 0.2) is 0 Å². The third kappa shape index (κ3) is 6.20. The first-order valence-electron chi connectivity index (χ1n) is 10.7. The Hall–Kier alpha value is -2.08. The Balaban J connectivity index is 2.27. The Bertz CT molecular complexity index is 703. The average molecular weight is 406 g/mol. The summed E-state index contributed by atoms with van der Waals surface area (Å²) in [5.41, 5.74) is 0.0240. The summed E-state index contributed by atoms with van der Waals surface area (Å²) in [6.07, 6.45) is 4.27. The van der Waals surface area contributed by atoms with Crippen LogP contribution in [0.5, 0.6) is 5.75 Å². The van der Waals surface area contributed by atoms with E-state index in [0.29, 0.717) is 42.4 Å². The molecule has 6 nitrogen and oxygen atoms in total. The van der Waals surface area contributed by atoms with Crippen molar-refractivity contribution in [3.8, 4) is 5.75 Å². The molecule has 0 spiro atoms. The Morgan fingerprint density at radius 1 is 1.28 bits per heavy atom. The van der Waals surface area contributed by atoms with Crippen molar-refractivity contribution in [1.29, 1.82) is 0 Å². The second kappa shape index (κ2) is 10.6. The van der Waals surface area contributed by atoms with E-state index in [0.717, 1.165) is 19.3 Å². The molecule has 1 fully saturated rings. The number of rotatable bonds is 9. The largest absolute Gasteiger partial charge is 0.490 e. The van der Waals surface area contributed by atoms with Gasteiger partial charge in [0.2, 0.25) is 0 Å². The number of hydrogen-bond donors (Lipinski definition) is 1. The van der Waals surface area contributed by atoms with Crippen LogP contribution in [0.1, 0.15) is 77.1 Å². The molecule has 1 N–H and O–H groups in total. The molecule has 1 aromatic carbocycles. The van der Waals surface area contributed by atoms with Gasteiger partial charge in [-0.2, -0.15) is 0 Å². The van der Waals surface area contributed by atoms with E-state index in [2.05, 4.69) is 12.2 Å². The minimum absolute atomic E-state index is 0.0851. The molecular formula is C23H35NO5. The zero-order valence-electron chi connectivity index (χ0n) is 18.4. The molecule has 1 aliphatic carbocycles. The third-order valence-electron chi connectivity index (χ3n) is 5.05. The Morgan fingerprint density at radius 3 is 2.66 bits per heavy atom. The summed E-state index contributed by atoms with van der Waals surface area (Å²) in [7, 11) is 0. The summed E-state index contributed by atoms with van der Waals surface area (Å²) in [5.74, 6) is 0.260. The van der Waals surface area contributed by atoms with E-state index in [4.69, 9.17) is 14.2 Å². The lowest BCUT2D eigenvalue weighted by molar-refractivity contribution is -0.148. The van der Waals surface area contributed by atoms with Gasteiger partial charge in [0.25, 0.3) is 5.91 Å². The van der Waals surface area contributed by atoms with E-state index < -0.39 is 11.6 Å². The molecule has 0 unspecified atom stereocenters. The summed E-state index contributed by atoms with van der Waals surface area (Å²) in [4.78, 5) is 25.6. The number of benzene rings is 1. The van der Waals surface area contributed by atoms with Crippen molar-refractivity contribution in [2.45, 2.75) is 78.4 Å². The molecule has 1 aliphatic rings. The molecule has 1 aromatic rings. The molecular weight excluding hydrogens is 370 g/mol. The van der Waals surface area contributed by atoms with Crippen LogP contribution in [-0.2, 0) is 14.3 Å². The quantitative estimate of drug-likeness (QED) is 0.588. The number of carbonyl (C=O) groups is 2. The predicted molar refractivity (Wildman–Crippen MR) is 113 cm³/mol. The molecule has 29 heavy (non-hydrogen) atoms. The zero-order chi connectivity index (χ0) is 21.4. The number of ether oxygens (including phenoxy) is 3. The van der Waals surface area contributed by atoms with Gasteiger partial charge in [0.1, 0.15) is 16.9 Å². The summed E-state index contributed by atoms with van der Waals surface area (Å²) < 4.78 is 17.0. The van der Waals surface area contributed by atoms with Gasteiger partial charge in [-0.1, -0.05) is 20.3 Å². The number of anilines is 1. The van der Waals surface area contributed by atoms with Gasteiger partial charge < -0.3 is 19.5 Å². The fourth-order valence-corrected chi connectivity index (χ4v) is 3.78. The van der Waals surface area contributed by atoms with Gasteiger partial charge in [0.05, 0.1) is 12.7 Å². The van der Waals surface area contributed by atoms with Crippen LogP contribution in [0.25, 0.3) is 0 Å². The van der Waals surface area contributed by atoms with E-state index in [-0.39, 0.29) is 18.6 Å². The number of hydrogen-bond acceptors (Lipinski definition) is 5. The van der Waals surface area contributed by atoms with E-state index in [1.165, 1.54) is 0 Å². The maximum atomic E-state index is 13.2. The Kier molecular flexibility index (Phi) is 8.50. The monoisotopic (exact) mass is 405 g/mol. The van der Waals surface area contributed by atoms with Gasteiger partial charge in [-0.05, 0) is 70.6 Å². The predicted octanol–water partition coefficient (Wildman–Crippen LogP) is 4.96. The maximum Gasteiger partial charge on any atom is 0.341 e. The summed E-state index contributed by atoms with van der Waals surface area (Å²) in [6.45, 7) is 10.6. The molecule has 162 valence electrons. The van der Waals surface area contributed by atoms with Crippen LogP contribution < -0.4 is 10.1 Å². The van der Waals surface area contributed by atoms with Crippen molar-refractivity contribution in [3.63, 3.8) is 0 Å². The van der Waals surface area contributed by atoms with Gasteiger partial charge in [-0.25, -0.2) is 4.79 Å². The highest BCUT2D eigenvalue weighted by Crippen LogP contribution is 2.37. The lowest BCUT2D eigenvalue weighted by Gasteiger charge is -2.38. The first-order valence-corrected chi connectivity index (χ1v) is 10.7. The molecule has 2 atom stereocenters. The molecule has 0 aromatic heterocycles. The molecule has 0 bridgehead atoms. The van der Waals surface area contributed by atoms with E-state index >= 15 is 0 Å².